The van der Waals surface area contributed by atoms with Crippen molar-refractivity contribution in [2.24, 2.45) is 0 Å². The van der Waals surface area contributed by atoms with Crippen molar-refractivity contribution < 1.29 is 4.79 Å². The molecular formula is C27H16N2O. The largest absolute Gasteiger partial charge is 0.289 e. The van der Waals surface area contributed by atoms with Gasteiger partial charge in [-0.15, -0.1) is 0 Å². The fourth-order valence-electron chi connectivity index (χ4n) is 4.25. The van der Waals surface area contributed by atoms with Crippen LogP contribution >= 0.6 is 0 Å². The maximum Gasteiger partial charge on any atom is 0.193 e. The number of hydrogen-bond donors (Lipinski definition) is 0. The van der Waals surface area contributed by atoms with Gasteiger partial charge in [0.1, 0.15) is 0 Å². The lowest BCUT2D eigenvalue weighted by Gasteiger charge is -2.13. The molecule has 0 aliphatic carbocycles. The molecule has 0 unspecified atom stereocenters. The summed E-state index contributed by atoms with van der Waals surface area (Å²) in [6.45, 7) is 0. The van der Waals surface area contributed by atoms with Gasteiger partial charge >= 0.3 is 0 Å². The van der Waals surface area contributed by atoms with Crippen LogP contribution in [0.4, 0.5) is 0 Å². The summed E-state index contributed by atoms with van der Waals surface area (Å²) in [5.41, 5.74) is 4.58. The molecule has 3 heteroatoms. The van der Waals surface area contributed by atoms with E-state index in [1.807, 2.05) is 78.9 Å². The van der Waals surface area contributed by atoms with E-state index in [4.69, 9.17) is 9.97 Å². The van der Waals surface area contributed by atoms with Gasteiger partial charge in [-0.2, -0.15) is 0 Å². The second-order valence-electron chi connectivity index (χ2n) is 7.38. The summed E-state index contributed by atoms with van der Waals surface area (Å²) < 4.78 is 0. The standard InChI is InChI=1S/C27H16N2O/c30-27(17-9-2-1-3-10-17)21-14-8-13-19-18-11-4-5-12-20(18)25-26(24(19)21)29-23-16-7-6-15-22(23)28-25/h1-16H. The minimum atomic E-state index is -0.00672. The second-order valence-corrected chi connectivity index (χ2v) is 7.38. The van der Waals surface area contributed by atoms with Gasteiger partial charge in [-0.05, 0) is 22.9 Å². The van der Waals surface area contributed by atoms with Crippen molar-refractivity contribution in [3.8, 4) is 0 Å². The molecule has 140 valence electrons. The molecule has 1 aromatic heterocycles. The Morgan fingerprint density at radius 3 is 1.90 bits per heavy atom. The summed E-state index contributed by atoms with van der Waals surface area (Å²) in [7, 11) is 0. The van der Waals surface area contributed by atoms with Gasteiger partial charge in [0, 0.05) is 21.9 Å². The Morgan fingerprint density at radius 2 is 1.13 bits per heavy atom. The molecule has 3 nitrogen and oxygen atoms in total. The van der Waals surface area contributed by atoms with Gasteiger partial charge in [-0.25, -0.2) is 9.97 Å². The molecule has 0 radical (unpaired) electrons. The van der Waals surface area contributed by atoms with E-state index in [1.165, 1.54) is 0 Å². The van der Waals surface area contributed by atoms with E-state index in [2.05, 4.69) is 18.2 Å². The molecule has 0 saturated heterocycles. The lowest BCUT2D eigenvalue weighted by Crippen LogP contribution is -2.03. The number of carbonyl (C=O) groups is 1. The SMILES string of the molecule is O=C(c1ccccc1)c1cccc2c3ccccc3c3nc4ccccc4nc3c12. The first-order valence-electron chi connectivity index (χ1n) is 9.91. The van der Waals surface area contributed by atoms with Gasteiger partial charge in [0.2, 0.25) is 0 Å². The molecule has 0 atom stereocenters. The smallest absolute Gasteiger partial charge is 0.193 e. The van der Waals surface area contributed by atoms with Crippen LogP contribution in [-0.4, -0.2) is 15.8 Å². The number of nitrogens with zero attached hydrogens (tertiary/aromatic N) is 2. The van der Waals surface area contributed by atoms with E-state index < -0.39 is 0 Å². The maximum atomic E-state index is 13.5. The average molecular weight is 384 g/mol. The molecule has 6 aromatic rings. The normalized spacial score (nSPS) is 11.5. The fourth-order valence-corrected chi connectivity index (χ4v) is 4.25. The monoisotopic (exact) mass is 384 g/mol. The second kappa shape index (κ2) is 6.46. The summed E-state index contributed by atoms with van der Waals surface area (Å²) >= 11 is 0. The van der Waals surface area contributed by atoms with Crippen molar-refractivity contribution in [1.29, 1.82) is 0 Å². The minimum absolute atomic E-state index is 0.00672. The van der Waals surface area contributed by atoms with Crippen LogP contribution in [0.15, 0.2) is 97.1 Å². The van der Waals surface area contributed by atoms with Crippen LogP contribution in [0.3, 0.4) is 0 Å². The Hall–Kier alpha value is -4.11. The number of aromatic nitrogens is 2. The van der Waals surface area contributed by atoms with Crippen molar-refractivity contribution in [1.82, 2.24) is 9.97 Å². The van der Waals surface area contributed by atoms with Gasteiger partial charge in [0.25, 0.3) is 0 Å². The molecule has 1 heterocycles. The summed E-state index contributed by atoms with van der Waals surface area (Å²) in [4.78, 5) is 23.4. The number of hydrogen-bond acceptors (Lipinski definition) is 3. The van der Waals surface area contributed by atoms with Gasteiger partial charge in [0.15, 0.2) is 5.78 Å². The molecule has 5 aromatic carbocycles. The van der Waals surface area contributed by atoms with Crippen LogP contribution in [0, 0.1) is 0 Å². The highest BCUT2D eigenvalue weighted by atomic mass is 16.1. The average Bonchev–Trinajstić information content (AvgIpc) is 2.83. The number of carbonyl (C=O) groups excluding carboxylic acids is 1. The van der Waals surface area contributed by atoms with Crippen molar-refractivity contribution in [3.05, 3.63) is 108 Å². The Kier molecular flexibility index (Phi) is 3.62. The third-order valence-corrected chi connectivity index (χ3v) is 5.62. The number of fused-ring (bicyclic) bond motifs is 7. The zero-order valence-electron chi connectivity index (χ0n) is 16.0. The van der Waals surface area contributed by atoms with Crippen LogP contribution in [0.5, 0.6) is 0 Å². The summed E-state index contributed by atoms with van der Waals surface area (Å²) in [6, 6.07) is 31.4. The topological polar surface area (TPSA) is 42.9 Å². The highest BCUT2D eigenvalue weighted by molar-refractivity contribution is 6.29. The first kappa shape index (κ1) is 16.8. The van der Waals surface area contributed by atoms with E-state index >= 15 is 0 Å². The highest BCUT2D eigenvalue weighted by Crippen LogP contribution is 2.36. The van der Waals surface area contributed by atoms with Crippen LogP contribution in [0.2, 0.25) is 0 Å². The Balaban J connectivity index is 1.84. The van der Waals surface area contributed by atoms with Crippen LogP contribution in [0.25, 0.3) is 43.6 Å². The van der Waals surface area contributed by atoms with Crippen LogP contribution in [-0.2, 0) is 0 Å². The lowest BCUT2D eigenvalue weighted by molar-refractivity contribution is 0.104. The molecule has 0 N–H and O–H groups in total. The fraction of sp³-hybridized carbons (Fsp3) is 0. The predicted molar refractivity (Wildman–Crippen MR) is 122 cm³/mol. The van der Waals surface area contributed by atoms with Gasteiger partial charge in [0.05, 0.1) is 22.1 Å². The van der Waals surface area contributed by atoms with Crippen molar-refractivity contribution in [3.63, 3.8) is 0 Å². The molecule has 0 saturated carbocycles. The molecule has 0 aliphatic rings. The van der Waals surface area contributed by atoms with E-state index in [0.717, 1.165) is 43.6 Å². The van der Waals surface area contributed by atoms with E-state index in [9.17, 15) is 4.79 Å². The summed E-state index contributed by atoms with van der Waals surface area (Å²) in [6.07, 6.45) is 0. The van der Waals surface area contributed by atoms with Crippen molar-refractivity contribution >= 4 is 49.4 Å². The Bertz CT molecular complexity index is 1600. The predicted octanol–water partition coefficient (Wildman–Crippen LogP) is 6.32. The van der Waals surface area contributed by atoms with E-state index in [1.54, 1.807) is 0 Å². The molecule has 0 spiro atoms. The summed E-state index contributed by atoms with van der Waals surface area (Å²) in [5.74, 6) is -0.00672. The zero-order chi connectivity index (χ0) is 20.1. The van der Waals surface area contributed by atoms with Crippen LogP contribution in [0.1, 0.15) is 15.9 Å². The van der Waals surface area contributed by atoms with Crippen molar-refractivity contribution in [2.45, 2.75) is 0 Å². The number of para-hydroxylation sites is 2. The van der Waals surface area contributed by atoms with Gasteiger partial charge in [-0.1, -0.05) is 84.9 Å². The maximum absolute atomic E-state index is 13.5. The first-order chi connectivity index (χ1) is 14.8. The quantitative estimate of drug-likeness (QED) is 0.199. The molecule has 0 fully saturated rings. The first-order valence-corrected chi connectivity index (χ1v) is 9.91. The molecule has 0 amide bonds. The number of ketones is 1. The van der Waals surface area contributed by atoms with Crippen molar-refractivity contribution in [2.75, 3.05) is 0 Å². The van der Waals surface area contributed by atoms with Gasteiger partial charge in [-0.3, -0.25) is 4.79 Å². The molecule has 30 heavy (non-hydrogen) atoms. The molecule has 0 aliphatic heterocycles. The third-order valence-electron chi connectivity index (χ3n) is 5.62. The Morgan fingerprint density at radius 1 is 0.533 bits per heavy atom. The molecular weight excluding hydrogens is 368 g/mol. The highest BCUT2D eigenvalue weighted by Gasteiger charge is 2.19. The zero-order valence-corrected chi connectivity index (χ0v) is 16.0. The van der Waals surface area contributed by atoms with Gasteiger partial charge < -0.3 is 0 Å². The van der Waals surface area contributed by atoms with E-state index in [-0.39, 0.29) is 5.78 Å². The third kappa shape index (κ3) is 2.42. The molecule has 6 rings (SSSR count). The summed E-state index contributed by atoms with van der Waals surface area (Å²) in [5, 5.41) is 4.00. The van der Waals surface area contributed by atoms with E-state index in [0.29, 0.717) is 11.1 Å². The number of benzene rings is 5. The number of rotatable bonds is 2. The molecule has 0 bridgehead atoms. The minimum Gasteiger partial charge on any atom is -0.289 e. The van der Waals surface area contributed by atoms with Crippen LogP contribution < -0.4 is 0 Å². The Labute approximate surface area is 172 Å². The lowest BCUT2D eigenvalue weighted by atomic mass is 9.92.